The molecular weight excluding hydrogens is 291 g/mol. The number of nitrogens with zero attached hydrogens (tertiary/aromatic N) is 1. The minimum atomic E-state index is -0.313. The van der Waals surface area contributed by atoms with Gasteiger partial charge in [0.1, 0.15) is 11.9 Å². The molecule has 0 aliphatic heterocycles. The lowest BCUT2D eigenvalue weighted by atomic mass is 10.0. The second-order valence-electron chi connectivity index (χ2n) is 5.38. The summed E-state index contributed by atoms with van der Waals surface area (Å²) in [4.78, 5) is 14.8. The van der Waals surface area contributed by atoms with Gasteiger partial charge in [-0.05, 0) is 36.3 Å². The van der Waals surface area contributed by atoms with Crippen LogP contribution < -0.4 is 5.32 Å². The fourth-order valence-electron chi connectivity index (χ4n) is 2.64. The van der Waals surface area contributed by atoms with Crippen LogP contribution in [0.3, 0.4) is 0 Å². The number of benzene rings is 2. The first-order chi connectivity index (χ1) is 11.2. The van der Waals surface area contributed by atoms with Gasteiger partial charge in [0.25, 0.3) is 0 Å². The van der Waals surface area contributed by atoms with E-state index >= 15 is 0 Å². The lowest BCUT2D eigenvalue weighted by Gasteiger charge is -2.29. The molecule has 1 atom stereocenters. The highest BCUT2D eigenvalue weighted by molar-refractivity contribution is 5.83. The van der Waals surface area contributed by atoms with Crippen molar-refractivity contribution in [1.82, 2.24) is 10.2 Å². The molecule has 0 radical (unpaired) electrons. The van der Waals surface area contributed by atoms with Gasteiger partial charge in [-0.2, -0.15) is 0 Å². The summed E-state index contributed by atoms with van der Waals surface area (Å²) in [5.74, 6) is -0.311. The van der Waals surface area contributed by atoms with Gasteiger partial charge in [-0.25, -0.2) is 4.39 Å². The second kappa shape index (κ2) is 8.44. The second-order valence-corrected chi connectivity index (χ2v) is 5.38. The minimum absolute atomic E-state index is 0.0378. The summed E-state index contributed by atoms with van der Waals surface area (Å²) in [5, 5.41) is 2.96. The van der Waals surface area contributed by atoms with Crippen molar-refractivity contribution in [2.24, 2.45) is 0 Å². The molecular formula is C19H23FN2O. The molecule has 0 aliphatic carbocycles. The van der Waals surface area contributed by atoms with Gasteiger partial charge in [0.2, 0.25) is 5.91 Å². The van der Waals surface area contributed by atoms with Crippen molar-refractivity contribution in [1.29, 1.82) is 0 Å². The first-order valence-electron chi connectivity index (χ1n) is 7.96. The zero-order valence-electron chi connectivity index (χ0n) is 13.6. The molecule has 23 heavy (non-hydrogen) atoms. The van der Waals surface area contributed by atoms with Gasteiger partial charge in [-0.15, -0.1) is 0 Å². The predicted octanol–water partition coefficient (Wildman–Crippen LogP) is 3.53. The normalized spacial score (nSPS) is 12.2. The Morgan fingerprint density at radius 2 is 1.65 bits per heavy atom. The number of amides is 1. The van der Waals surface area contributed by atoms with Crippen molar-refractivity contribution in [3.8, 4) is 0 Å². The van der Waals surface area contributed by atoms with Gasteiger partial charge in [0.15, 0.2) is 0 Å². The highest BCUT2D eigenvalue weighted by atomic mass is 19.1. The van der Waals surface area contributed by atoms with Crippen LogP contribution >= 0.6 is 0 Å². The van der Waals surface area contributed by atoms with Crippen molar-refractivity contribution < 1.29 is 9.18 Å². The topological polar surface area (TPSA) is 32.3 Å². The van der Waals surface area contributed by atoms with Gasteiger partial charge in [-0.1, -0.05) is 56.3 Å². The van der Waals surface area contributed by atoms with Gasteiger partial charge in [0, 0.05) is 6.54 Å². The van der Waals surface area contributed by atoms with E-state index in [4.69, 9.17) is 0 Å². The maximum Gasteiger partial charge on any atom is 0.242 e. The van der Waals surface area contributed by atoms with E-state index in [-0.39, 0.29) is 17.8 Å². The fourth-order valence-corrected chi connectivity index (χ4v) is 2.64. The number of hydrogen-bond acceptors (Lipinski definition) is 2. The summed E-state index contributed by atoms with van der Waals surface area (Å²) in [5.41, 5.74) is 1.86. The zero-order valence-corrected chi connectivity index (χ0v) is 13.6. The maximum atomic E-state index is 12.9. The Labute approximate surface area is 137 Å². The molecule has 3 nitrogen and oxygen atoms in total. The first-order valence-corrected chi connectivity index (χ1v) is 7.96. The lowest BCUT2D eigenvalue weighted by molar-refractivity contribution is -0.126. The molecule has 2 aromatic carbocycles. The molecule has 0 saturated heterocycles. The Kier molecular flexibility index (Phi) is 6.29. The Morgan fingerprint density at radius 1 is 1.04 bits per heavy atom. The Morgan fingerprint density at radius 3 is 2.22 bits per heavy atom. The predicted molar refractivity (Wildman–Crippen MR) is 90.4 cm³/mol. The molecule has 0 saturated carbocycles. The van der Waals surface area contributed by atoms with E-state index in [0.29, 0.717) is 6.54 Å². The van der Waals surface area contributed by atoms with Crippen LogP contribution in [0.2, 0.25) is 0 Å². The molecule has 1 unspecified atom stereocenters. The molecule has 0 fully saturated rings. The number of nitrogens with one attached hydrogen (secondary N) is 1. The molecule has 0 aliphatic rings. The molecule has 0 spiro atoms. The first kappa shape index (κ1) is 17.2. The number of rotatable bonds is 7. The van der Waals surface area contributed by atoms with E-state index in [9.17, 15) is 9.18 Å². The van der Waals surface area contributed by atoms with Crippen LogP contribution in [-0.2, 0) is 11.3 Å². The number of carbonyl (C=O) groups excluding carboxylic acids is 1. The van der Waals surface area contributed by atoms with Crippen molar-refractivity contribution in [2.45, 2.75) is 26.4 Å². The smallest absolute Gasteiger partial charge is 0.242 e. The van der Waals surface area contributed by atoms with E-state index < -0.39 is 0 Å². The third-order valence-electron chi connectivity index (χ3n) is 3.92. The number of hydrogen-bond donors (Lipinski definition) is 1. The van der Waals surface area contributed by atoms with Crippen LogP contribution in [0.5, 0.6) is 0 Å². The number of likely N-dealkylation sites (N-methyl/N-ethyl adjacent to an activating group) is 1. The summed E-state index contributed by atoms with van der Waals surface area (Å²) in [6, 6.07) is 15.6. The van der Waals surface area contributed by atoms with Crippen LogP contribution in [0.25, 0.3) is 0 Å². The Bertz CT molecular complexity index is 609. The molecule has 4 heteroatoms. The quantitative estimate of drug-likeness (QED) is 0.848. The summed E-state index contributed by atoms with van der Waals surface area (Å²) < 4.78 is 12.9. The summed E-state index contributed by atoms with van der Waals surface area (Å²) >= 11 is 0. The highest BCUT2D eigenvalue weighted by Gasteiger charge is 2.25. The maximum absolute atomic E-state index is 12.9. The summed E-state index contributed by atoms with van der Waals surface area (Å²) in [6.07, 6.45) is 0. The summed E-state index contributed by atoms with van der Waals surface area (Å²) in [7, 11) is 0. The molecule has 1 N–H and O–H groups in total. The monoisotopic (exact) mass is 314 g/mol. The largest absolute Gasteiger partial charge is 0.350 e. The average molecular weight is 314 g/mol. The Hall–Kier alpha value is -2.20. The molecule has 0 bridgehead atoms. The van der Waals surface area contributed by atoms with E-state index in [2.05, 4.69) is 10.2 Å². The molecule has 0 aromatic heterocycles. The summed E-state index contributed by atoms with van der Waals surface area (Å²) in [6.45, 7) is 6.07. The van der Waals surface area contributed by atoms with E-state index in [1.165, 1.54) is 12.1 Å². The lowest BCUT2D eigenvalue weighted by Crippen LogP contribution is -2.40. The van der Waals surface area contributed by atoms with Crippen molar-refractivity contribution in [3.63, 3.8) is 0 Å². The third kappa shape index (κ3) is 4.63. The van der Waals surface area contributed by atoms with E-state index in [1.54, 1.807) is 12.1 Å². The molecule has 1 amide bonds. The van der Waals surface area contributed by atoms with Gasteiger partial charge in [0.05, 0.1) is 0 Å². The third-order valence-corrected chi connectivity index (χ3v) is 3.92. The van der Waals surface area contributed by atoms with Gasteiger partial charge in [-0.3, -0.25) is 9.69 Å². The van der Waals surface area contributed by atoms with Crippen LogP contribution in [0.4, 0.5) is 4.39 Å². The molecule has 0 heterocycles. The van der Waals surface area contributed by atoms with Crippen LogP contribution in [0.1, 0.15) is 31.0 Å². The Balaban J connectivity index is 2.11. The zero-order chi connectivity index (χ0) is 16.7. The minimum Gasteiger partial charge on any atom is -0.350 e. The SMILES string of the molecule is CCN(CC)C(C(=O)NCc1ccc(F)cc1)c1ccccc1. The number of halogens is 1. The molecule has 2 rings (SSSR count). The molecule has 2 aromatic rings. The van der Waals surface area contributed by atoms with Crippen LogP contribution in [0, 0.1) is 5.82 Å². The standard InChI is InChI=1S/C19H23FN2O/c1-3-22(4-2)18(16-8-6-5-7-9-16)19(23)21-14-15-10-12-17(20)13-11-15/h5-13,18H,3-4,14H2,1-2H3,(H,21,23). The van der Waals surface area contributed by atoms with Crippen molar-refractivity contribution >= 4 is 5.91 Å². The molecule has 122 valence electrons. The highest BCUT2D eigenvalue weighted by Crippen LogP contribution is 2.20. The number of carbonyl (C=O) groups is 1. The van der Waals surface area contributed by atoms with Gasteiger partial charge >= 0.3 is 0 Å². The average Bonchev–Trinajstić information content (AvgIpc) is 2.59. The van der Waals surface area contributed by atoms with E-state index in [0.717, 1.165) is 24.2 Å². The van der Waals surface area contributed by atoms with E-state index in [1.807, 2.05) is 44.2 Å². The van der Waals surface area contributed by atoms with Gasteiger partial charge < -0.3 is 5.32 Å². The van der Waals surface area contributed by atoms with Crippen LogP contribution in [-0.4, -0.2) is 23.9 Å². The van der Waals surface area contributed by atoms with Crippen molar-refractivity contribution in [3.05, 3.63) is 71.5 Å². The van der Waals surface area contributed by atoms with Crippen LogP contribution in [0.15, 0.2) is 54.6 Å². The fraction of sp³-hybridized carbons (Fsp3) is 0.316. The van der Waals surface area contributed by atoms with Crippen molar-refractivity contribution in [2.75, 3.05) is 13.1 Å².